The first-order chi connectivity index (χ1) is 11.8. The van der Waals surface area contributed by atoms with Crippen LogP contribution < -0.4 is 20.1 Å². The van der Waals surface area contributed by atoms with Crippen molar-refractivity contribution in [3.63, 3.8) is 0 Å². The van der Waals surface area contributed by atoms with Gasteiger partial charge in [-0.05, 0) is 50.3 Å². The lowest BCUT2D eigenvalue weighted by atomic mass is 10.1. The highest BCUT2D eigenvalue weighted by atomic mass is 16.5. The molecule has 0 saturated heterocycles. The number of guanidine groups is 1. The fourth-order valence-electron chi connectivity index (χ4n) is 3.09. The fraction of sp³-hybridized carbons (Fsp3) is 0.632. The fourth-order valence-corrected chi connectivity index (χ4v) is 3.09. The molecule has 134 valence electrons. The summed E-state index contributed by atoms with van der Waals surface area (Å²) in [5.74, 6) is 2.51. The number of nitrogens with zero attached hydrogens (tertiary/aromatic N) is 1. The van der Waals surface area contributed by atoms with Crippen molar-refractivity contribution in [3.8, 4) is 11.5 Å². The van der Waals surface area contributed by atoms with Crippen molar-refractivity contribution in [2.75, 3.05) is 27.3 Å². The summed E-state index contributed by atoms with van der Waals surface area (Å²) in [4.78, 5) is 4.71. The largest absolute Gasteiger partial charge is 0.493 e. The van der Waals surface area contributed by atoms with Crippen molar-refractivity contribution in [1.29, 1.82) is 0 Å². The van der Waals surface area contributed by atoms with Gasteiger partial charge in [0.05, 0.1) is 14.2 Å². The molecule has 0 radical (unpaired) electrons. The number of methoxy groups -OCH3 is 2. The van der Waals surface area contributed by atoms with Gasteiger partial charge in [0.25, 0.3) is 0 Å². The predicted octanol–water partition coefficient (Wildman–Crippen LogP) is 3.13. The second-order valence-corrected chi connectivity index (χ2v) is 6.18. The van der Waals surface area contributed by atoms with Crippen LogP contribution in [-0.4, -0.2) is 39.3 Å². The molecule has 0 atom stereocenters. The molecule has 1 aliphatic rings. The van der Waals surface area contributed by atoms with Crippen LogP contribution in [0.2, 0.25) is 0 Å². The van der Waals surface area contributed by atoms with Gasteiger partial charge in [0.2, 0.25) is 0 Å². The quantitative estimate of drug-likeness (QED) is 0.436. The molecular weight excluding hydrogens is 302 g/mol. The highest BCUT2D eigenvalue weighted by Gasteiger charge is 2.15. The Kier molecular flexibility index (Phi) is 7.72. The van der Waals surface area contributed by atoms with Crippen molar-refractivity contribution >= 4 is 5.96 Å². The van der Waals surface area contributed by atoms with E-state index < -0.39 is 0 Å². The molecule has 1 aliphatic carbocycles. The summed E-state index contributed by atoms with van der Waals surface area (Å²) in [5.41, 5.74) is 1.25. The van der Waals surface area contributed by atoms with E-state index in [0.717, 1.165) is 43.4 Å². The molecular formula is C19H31N3O2. The molecule has 0 bridgehead atoms. The molecule has 0 heterocycles. The second kappa shape index (κ2) is 10.1. The van der Waals surface area contributed by atoms with Gasteiger partial charge in [0, 0.05) is 19.1 Å². The Hall–Kier alpha value is -1.91. The molecule has 24 heavy (non-hydrogen) atoms. The van der Waals surface area contributed by atoms with Gasteiger partial charge in [-0.25, -0.2) is 0 Å². The lowest BCUT2D eigenvalue weighted by molar-refractivity contribution is 0.354. The summed E-state index contributed by atoms with van der Waals surface area (Å²) < 4.78 is 10.6. The maximum atomic E-state index is 5.36. The lowest BCUT2D eigenvalue weighted by Gasteiger charge is -2.16. The van der Waals surface area contributed by atoms with Gasteiger partial charge in [-0.2, -0.15) is 0 Å². The van der Waals surface area contributed by atoms with Gasteiger partial charge in [-0.3, -0.25) is 4.99 Å². The van der Waals surface area contributed by atoms with E-state index in [0.29, 0.717) is 6.04 Å². The highest BCUT2D eigenvalue weighted by Crippen LogP contribution is 2.27. The van der Waals surface area contributed by atoms with Crippen LogP contribution in [0.5, 0.6) is 11.5 Å². The molecule has 1 aromatic carbocycles. The molecule has 5 heteroatoms. The third-order valence-corrected chi connectivity index (χ3v) is 4.38. The minimum atomic E-state index is 0.591. The van der Waals surface area contributed by atoms with Crippen molar-refractivity contribution in [3.05, 3.63) is 23.8 Å². The van der Waals surface area contributed by atoms with E-state index in [1.165, 1.54) is 31.2 Å². The molecule has 5 nitrogen and oxygen atoms in total. The van der Waals surface area contributed by atoms with E-state index >= 15 is 0 Å². The summed E-state index contributed by atoms with van der Waals surface area (Å²) >= 11 is 0. The van der Waals surface area contributed by atoms with Gasteiger partial charge >= 0.3 is 0 Å². The number of hydrogen-bond acceptors (Lipinski definition) is 3. The van der Waals surface area contributed by atoms with E-state index in [-0.39, 0.29) is 0 Å². The van der Waals surface area contributed by atoms with Gasteiger partial charge in [-0.15, -0.1) is 0 Å². The Balaban J connectivity index is 1.82. The average molecular weight is 333 g/mol. The molecule has 1 fully saturated rings. The van der Waals surface area contributed by atoms with Crippen molar-refractivity contribution < 1.29 is 9.47 Å². The zero-order valence-corrected chi connectivity index (χ0v) is 15.2. The van der Waals surface area contributed by atoms with Gasteiger partial charge in [0.1, 0.15) is 0 Å². The van der Waals surface area contributed by atoms with E-state index in [9.17, 15) is 0 Å². The molecule has 0 amide bonds. The third kappa shape index (κ3) is 5.62. The molecule has 2 N–H and O–H groups in total. The van der Waals surface area contributed by atoms with Crippen LogP contribution in [0.4, 0.5) is 0 Å². The van der Waals surface area contributed by atoms with Crippen LogP contribution in [0.25, 0.3) is 0 Å². The van der Waals surface area contributed by atoms with Crippen molar-refractivity contribution in [1.82, 2.24) is 10.6 Å². The van der Waals surface area contributed by atoms with Crippen molar-refractivity contribution in [2.24, 2.45) is 4.99 Å². The number of nitrogens with one attached hydrogen (secondary N) is 2. The number of ether oxygens (including phenoxy) is 2. The summed E-state index contributed by atoms with van der Waals surface area (Å²) in [7, 11) is 3.33. The summed E-state index contributed by atoms with van der Waals surface area (Å²) in [6, 6.07) is 6.69. The minimum absolute atomic E-state index is 0.591. The predicted molar refractivity (Wildman–Crippen MR) is 99.2 cm³/mol. The molecule has 0 aromatic heterocycles. The number of benzene rings is 1. The third-order valence-electron chi connectivity index (χ3n) is 4.38. The zero-order chi connectivity index (χ0) is 17.2. The molecule has 0 spiro atoms. The van der Waals surface area contributed by atoms with E-state index in [1.807, 2.05) is 12.1 Å². The first-order valence-electron chi connectivity index (χ1n) is 9.02. The molecule has 1 saturated carbocycles. The average Bonchev–Trinajstić information content (AvgIpc) is 3.11. The first kappa shape index (κ1) is 18.4. The van der Waals surface area contributed by atoms with Gasteiger partial charge in [0.15, 0.2) is 17.5 Å². The summed E-state index contributed by atoms with van der Waals surface area (Å²) in [6.45, 7) is 3.82. The Morgan fingerprint density at radius 1 is 1.17 bits per heavy atom. The minimum Gasteiger partial charge on any atom is -0.493 e. The van der Waals surface area contributed by atoms with E-state index in [4.69, 9.17) is 14.5 Å². The monoisotopic (exact) mass is 333 g/mol. The Labute approximate surface area is 145 Å². The van der Waals surface area contributed by atoms with Crippen LogP contribution in [-0.2, 0) is 6.42 Å². The standard InChI is InChI=1S/C19H31N3O2/c1-4-20-19(22-16-9-5-6-10-16)21-13-7-8-15-11-12-17(23-2)18(14-15)24-3/h11-12,14,16H,4-10,13H2,1-3H3,(H2,20,21,22). The van der Waals surface area contributed by atoms with Crippen molar-refractivity contribution in [2.45, 2.75) is 51.5 Å². The number of aliphatic imine (C=N–C) groups is 1. The summed E-state index contributed by atoms with van der Waals surface area (Å²) in [5, 5.41) is 6.90. The smallest absolute Gasteiger partial charge is 0.191 e. The molecule has 1 aromatic rings. The molecule has 0 unspecified atom stereocenters. The van der Waals surface area contributed by atoms with Crippen LogP contribution >= 0.6 is 0 Å². The topological polar surface area (TPSA) is 54.9 Å². The maximum absolute atomic E-state index is 5.36. The van der Waals surface area contributed by atoms with Gasteiger partial charge in [-0.1, -0.05) is 18.9 Å². The van der Waals surface area contributed by atoms with Crippen LogP contribution in [0.3, 0.4) is 0 Å². The number of aryl methyl sites for hydroxylation is 1. The normalized spacial score (nSPS) is 15.4. The number of rotatable bonds is 8. The van der Waals surface area contributed by atoms with E-state index in [2.05, 4.69) is 23.6 Å². The first-order valence-corrected chi connectivity index (χ1v) is 9.02. The van der Waals surface area contributed by atoms with Crippen LogP contribution in [0, 0.1) is 0 Å². The van der Waals surface area contributed by atoms with Crippen LogP contribution in [0.15, 0.2) is 23.2 Å². The summed E-state index contributed by atoms with van der Waals surface area (Å²) in [6.07, 6.45) is 7.17. The maximum Gasteiger partial charge on any atom is 0.191 e. The molecule has 2 rings (SSSR count). The van der Waals surface area contributed by atoms with Crippen LogP contribution in [0.1, 0.15) is 44.6 Å². The SMILES string of the molecule is CCNC(=NCCCc1ccc(OC)c(OC)c1)NC1CCCC1. The highest BCUT2D eigenvalue weighted by molar-refractivity contribution is 5.80. The Morgan fingerprint density at radius 2 is 1.92 bits per heavy atom. The Morgan fingerprint density at radius 3 is 2.58 bits per heavy atom. The lowest BCUT2D eigenvalue weighted by Crippen LogP contribution is -2.42. The number of hydrogen-bond donors (Lipinski definition) is 2. The van der Waals surface area contributed by atoms with E-state index in [1.54, 1.807) is 14.2 Å². The second-order valence-electron chi connectivity index (χ2n) is 6.18. The van der Waals surface area contributed by atoms with Gasteiger partial charge < -0.3 is 20.1 Å². The molecule has 0 aliphatic heterocycles. The Bertz CT molecular complexity index is 525. The zero-order valence-electron chi connectivity index (χ0n) is 15.2.